The van der Waals surface area contributed by atoms with E-state index >= 15 is 0 Å². The Morgan fingerprint density at radius 3 is 2.64 bits per heavy atom. The highest BCUT2D eigenvalue weighted by Gasteiger charge is 2.27. The maximum Gasteiger partial charge on any atom is 0.237 e. The Hall–Kier alpha value is -2.47. The minimum Gasteiger partial charge on any atom is -0.358 e. The Balaban J connectivity index is 1.57. The van der Waals surface area contributed by atoms with Gasteiger partial charge in [-0.1, -0.05) is 36.8 Å². The molecule has 0 saturated carbocycles. The fourth-order valence-corrected chi connectivity index (χ4v) is 3.18. The lowest BCUT2D eigenvalue weighted by molar-refractivity contribution is -0.127. The fourth-order valence-electron chi connectivity index (χ4n) is 3.18. The first-order valence-electron chi connectivity index (χ1n) is 8.80. The lowest BCUT2D eigenvalue weighted by Crippen LogP contribution is -2.48. The van der Waals surface area contributed by atoms with Gasteiger partial charge in [-0.2, -0.15) is 0 Å². The van der Waals surface area contributed by atoms with Crippen molar-refractivity contribution in [2.45, 2.75) is 38.4 Å². The second-order valence-electron chi connectivity index (χ2n) is 6.35. The van der Waals surface area contributed by atoms with E-state index in [0.29, 0.717) is 19.0 Å². The lowest BCUT2D eigenvalue weighted by atomic mass is 10.0. The number of likely N-dealkylation sites (tertiary alicyclic amines) is 1. The van der Waals surface area contributed by atoms with E-state index < -0.39 is 0 Å². The smallest absolute Gasteiger partial charge is 0.237 e. The number of piperidine rings is 1. The van der Waals surface area contributed by atoms with E-state index in [-0.39, 0.29) is 11.9 Å². The van der Waals surface area contributed by atoms with Crippen molar-refractivity contribution in [3.05, 3.63) is 53.9 Å². The number of carbonyl (C=O) groups is 1. The third kappa shape index (κ3) is 4.76. The normalized spacial score (nSPS) is 17.9. The zero-order chi connectivity index (χ0) is 17.5. The summed E-state index contributed by atoms with van der Waals surface area (Å²) in [6, 6.07) is 10.1. The molecule has 1 amide bonds. The molecular formula is C19H25N5O. The van der Waals surface area contributed by atoms with E-state index in [2.05, 4.69) is 37.6 Å². The van der Waals surface area contributed by atoms with Crippen molar-refractivity contribution in [3.8, 4) is 0 Å². The summed E-state index contributed by atoms with van der Waals surface area (Å²) < 4.78 is 0. The molecule has 0 unspecified atom stereocenters. The van der Waals surface area contributed by atoms with Gasteiger partial charge < -0.3 is 10.6 Å². The van der Waals surface area contributed by atoms with Crippen LogP contribution in [0, 0.1) is 0 Å². The molecule has 2 heterocycles. The van der Waals surface area contributed by atoms with Gasteiger partial charge in [-0.05, 0) is 24.9 Å². The summed E-state index contributed by atoms with van der Waals surface area (Å²) in [6.45, 7) is 2.34. The first-order valence-corrected chi connectivity index (χ1v) is 8.80. The Labute approximate surface area is 148 Å². The number of benzene rings is 1. The maximum absolute atomic E-state index is 12.0. The highest BCUT2D eigenvalue weighted by molar-refractivity contribution is 5.81. The predicted octanol–water partition coefficient (Wildman–Crippen LogP) is 2.19. The summed E-state index contributed by atoms with van der Waals surface area (Å²) in [7, 11) is 1.70. The van der Waals surface area contributed by atoms with Crippen LogP contribution in [0.4, 0.5) is 5.95 Å². The molecule has 2 N–H and O–H groups in total. The molecule has 0 aliphatic carbocycles. The average Bonchev–Trinajstić information content (AvgIpc) is 2.68. The van der Waals surface area contributed by atoms with Crippen LogP contribution in [0.15, 0.2) is 42.7 Å². The van der Waals surface area contributed by atoms with Gasteiger partial charge in [0.1, 0.15) is 0 Å². The SMILES string of the molecule is CNC(=O)[C@H]1CCCCN1Cc1cnc(NCc2ccccc2)nc1. The zero-order valence-corrected chi connectivity index (χ0v) is 14.6. The summed E-state index contributed by atoms with van der Waals surface area (Å²) in [4.78, 5) is 23.1. The average molecular weight is 339 g/mol. The molecule has 1 aromatic carbocycles. The van der Waals surface area contributed by atoms with Gasteiger partial charge in [0.15, 0.2) is 0 Å². The van der Waals surface area contributed by atoms with Crippen LogP contribution in [0.1, 0.15) is 30.4 Å². The van der Waals surface area contributed by atoms with Crippen LogP contribution in [0.5, 0.6) is 0 Å². The van der Waals surface area contributed by atoms with E-state index in [9.17, 15) is 4.79 Å². The van der Waals surface area contributed by atoms with E-state index in [1.54, 1.807) is 7.05 Å². The molecule has 1 fully saturated rings. The fraction of sp³-hybridized carbons (Fsp3) is 0.421. The van der Waals surface area contributed by atoms with Gasteiger partial charge in [-0.25, -0.2) is 9.97 Å². The van der Waals surface area contributed by atoms with Crippen molar-refractivity contribution >= 4 is 11.9 Å². The number of nitrogens with one attached hydrogen (secondary N) is 2. The Kier molecular flexibility index (Phi) is 5.95. The summed E-state index contributed by atoms with van der Waals surface area (Å²) in [5.41, 5.74) is 2.22. The Bertz CT molecular complexity index is 674. The number of aromatic nitrogens is 2. The molecular weight excluding hydrogens is 314 g/mol. The first-order chi connectivity index (χ1) is 12.3. The van der Waals surface area contributed by atoms with Crippen molar-refractivity contribution in [2.75, 3.05) is 18.9 Å². The number of hydrogen-bond donors (Lipinski definition) is 2. The topological polar surface area (TPSA) is 70.2 Å². The quantitative estimate of drug-likeness (QED) is 0.844. The van der Waals surface area contributed by atoms with Crippen LogP contribution < -0.4 is 10.6 Å². The molecule has 1 atom stereocenters. The highest BCUT2D eigenvalue weighted by Crippen LogP contribution is 2.19. The van der Waals surface area contributed by atoms with Crippen LogP contribution in [-0.4, -0.2) is 40.4 Å². The minimum atomic E-state index is -0.0466. The molecule has 3 rings (SSSR count). The van der Waals surface area contributed by atoms with Gasteiger partial charge in [-0.3, -0.25) is 9.69 Å². The standard InChI is InChI=1S/C19H25N5O/c1-20-18(25)17-9-5-6-10-24(17)14-16-12-22-19(23-13-16)21-11-15-7-3-2-4-8-15/h2-4,7-8,12-13,17H,5-6,9-11,14H2,1H3,(H,20,25)(H,21,22,23)/t17-/m1/s1. The first kappa shape index (κ1) is 17.4. The third-order valence-electron chi connectivity index (χ3n) is 4.55. The molecule has 25 heavy (non-hydrogen) atoms. The molecule has 2 aromatic rings. The van der Waals surface area contributed by atoms with Crippen molar-refractivity contribution in [2.24, 2.45) is 0 Å². The van der Waals surface area contributed by atoms with E-state index in [4.69, 9.17) is 0 Å². The number of hydrogen-bond acceptors (Lipinski definition) is 5. The highest BCUT2D eigenvalue weighted by atomic mass is 16.2. The van der Waals surface area contributed by atoms with Crippen LogP contribution in [0.3, 0.4) is 0 Å². The Morgan fingerprint density at radius 2 is 1.92 bits per heavy atom. The summed E-state index contributed by atoms with van der Waals surface area (Å²) in [5, 5.41) is 6.00. The van der Waals surface area contributed by atoms with Crippen molar-refractivity contribution in [3.63, 3.8) is 0 Å². The number of amides is 1. The monoisotopic (exact) mass is 339 g/mol. The zero-order valence-electron chi connectivity index (χ0n) is 14.6. The Morgan fingerprint density at radius 1 is 1.16 bits per heavy atom. The number of carbonyl (C=O) groups excluding carboxylic acids is 1. The van der Waals surface area contributed by atoms with Crippen molar-refractivity contribution < 1.29 is 4.79 Å². The summed E-state index contributed by atoms with van der Waals surface area (Å²) >= 11 is 0. The van der Waals surface area contributed by atoms with Gasteiger partial charge >= 0.3 is 0 Å². The number of anilines is 1. The molecule has 6 nitrogen and oxygen atoms in total. The number of rotatable bonds is 6. The van der Waals surface area contributed by atoms with Crippen LogP contribution in [0.25, 0.3) is 0 Å². The molecule has 1 aromatic heterocycles. The number of likely N-dealkylation sites (N-methyl/N-ethyl adjacent to an activating group) is 1. The van der Waals surface area contributed by atoms with Crippen LogP contribution >= 0.6 is 0 Å². The molecule has 0 spiro atoms. The van der Waals surface area contributed by atoms with Crippen molar-refractivity contribution in [1.82, 2.24) is 20.2 Å². The second kappa shape index (κ2) is 8.58. The predicted molar refractivity (Wildman–Crippen MR) is 97.9 cm³/mol. The van der Waals surface area contributed by atoms with Gasteiger partial charge in [0.2, 0.25) is 11.9 Å². The number of nitrogens with zero attached hydrogens (tertiary/aromatic N) is 3. The van der Waals surface area contributed by atoms with E-state index in [0.717, 1.165) is 31.4 Å². The maximum atomic E-state index is 12.0. The molecule has 0 radical (unpaired) electrons. The second-order valence-corrected chi connectivity index (χ2v) is 6.35. The molecule has 1 aliphatic rings. The third-order valence-corrected chi connectivity index (χ3v) is 4.55. The molecule has 132 valence electrons. The van der Waals surface area contributed by atoms with Gasteiger partial charge in [-0.15, -0.1) is 0 Å². The van der Waals surface area contributed by atoms with Gasteiger partial charge in [0.05, 0.1) is 6.04 Å². The van der Waals surface area contributed by atoms with Gasteiger partial charge in [0, 0.05) is 38.1 Å². The molecule has 1 aliphatic heterocycles. The summed E-state index contributed by atoms with van der Waals surface area (Å²) in [5.74, 6) is 0.718. The van der Waals surface area contributed by atoms with Gasteiger partial charge in [0.25, 0.3) is 0 Å². The molecule has 6 heteroatoms. The largest absolute Gasteiger partial charge is 0.358 e. The van der Waals surface area contributed by atoms with Crippen LogP contribution in [0.2, 0.25) is 0 Å². The van der Waals surface area contributed by atoms with Crippen molar-refractivity contribution in [1.29, 1.82) is 0 Å². The van der Waals surface area contributed by atoms with E-state index in [1.807, 2.05) is 30.6 Å². The lowest BCUT2D eigenvalue weighted by Gasteiger charge is -2.34. The van der Waals surface area contributed by atoms with E-state index in [1.165, 1.54) is 5.56 Å². The molecule has 0 bridgehead atoms. The molecule has 1 saturated heterocycles. The minimum absolute atomic E-state index is 0.0466. The van der Waals surface area contributed by atoms with Crippen LogP contribution in [-0.2, 0) is 17.9 Å². The summed E-state index contributed by atoms with van der Waals surface area (Å²) in [6.07, 6.45) is 6.83.